The van der Waals surface area contributed by atoms with Gasteiger partial charge in [0, 0.05) is 65.3 Å². The zero-order valence-corrected chi connectivity index (χ0v) is 19.7. The number of amides is 3. The number of piperidine rings is 1. The number of benzene rings is 2. The van der Waals surface area contributed by atoms with Gasteiger partial charge in [0.25, 0.3) is 5.91 Å². The molecule has 1 aliphatic carbocycles. The van der Waals surface area contributed by atoms with E-state index in [0.717, 1.165) is 0 Å². The molecule has 3 aliphatic rings. The zero-order chi connectivity index (χ0) is 25.6. The summed E-state index contributed by atoms with van der Waals surface area (Å²) in [7, 11) is 0. The van der Waals surface area contributed by atoms with E-state index in [9.17, 15) is 28.4 Å². The summed E-state index contributed by atoms with van der Waals surface area (Å²) in [5, 5.41) is 5.42. The Bertz CT molecular complexity index is 1330. The number of hydrogen-bond donors (Lipinski definition) is 2. The summed E-state index contributed by atoms with van der Waals surface area (Å²) in [5.74, 6) is -3.26. The summed E-state index contributed by atoms with van der Waals surface area (Å²) in [5.41, 5.74) is 1.67. The molecule has 2 N–H and O–H groups in total. The van der Waals surface area contributed by atoms with Gasteiger partial charge < -0.3 is 10.2 Å². The predicted octanol–water partition coefficient (Wildman–Crippen LogP) is 3.25. The number of carbonyl (C=O) groups excluding carboxylic acids is 5. The molecule has 1 saturated heterocycles. The first kappa shape index (κ1) is 23.9. The lowest BCUT2D eigenvalue weighted by Crippen LogP contribution is -2.52. The number of allylic oxidation sites excluding steroid dienone is 1. The highest BCUT2D eigenvalue weighted by Crippen LogP contribution is 2.37. The van der Waals surface area contributed by atoms with Crippen LogP contribution in [0.3, 0.4) is 0 Å². The minimum Gasteiger partial charge on any atom is -0.361 e. The molecule has 2 aliphatic heterocycles. The second kappa shape index (κ2) is 9.31. The van der Waals surface area contributed by atoms with Crippen LogP contribution in [0, 0.1) is 5.82 Å². The number of carbonyl (C=O) groups is 5. The topological polar surface area (TPSA) is 113 Å². The van der Waals surface area contributed by atoms with Gasteiger partial charge in [-0.2, -0.15) is 0 Å². The van der Waals surface area contributed by atoms with Crippen LogP contribution in [0.1, 0.15) is 53.1 Å². The van der Waals surface area contributed by atoms with Crippen LogP contribution < -0.4 is 10.6 Å². The summed E-state index contributed by atoms with van der Waals surface area (Å²) in [6.07, 6.45) is 1.59. The minimum absolute atomic E-state index is 0.0392. The first-order valence-electron chi connectivity index (χ1n) is 11.5. The predicted molar refractivity (Wildman–Crippen MR) is 128 cm³/mol. The van der Waals surface area contributed by atoms with Crippen molar-refractivity contribution in [3.8, 4) is 0 Å². The van der Waals surface area contributed by atoms with Crippen LogP contribution in [0.5, 0.6) is 0 Å². The molecule has 0 radical (unpaired) electrons. The van der Waals surface area contributed by atoms with Gasteiger partial charge in [-0.15, -0.1) is 0 Å². The zero-order valence-electron chi connectivity index (χ0n) is 19.0. The largest absolute Gasteiger partial charge is 0.361 e. The van der Waals surface area contributed by atoms with Crippen LogP contribution in [0.4, 0.5) is 10.1 Å². The summed E-state index contributed by atoms with van der Waals surface area (Å²) in [6.45, 7) is 0.141. The lowest BCUT2D eigenvalue weighted by molar-refractivity contribution is -0.137. The van der Waals surface area contributed by atoms with E-state index in [1.54, 1.807) is 18.2 Å². The van der Waals surface area contributed by atoms with Crippen molar-refractivity contribution in [2.75, 3.05) is 5.32 Å². The van der Waals surface area contributed by atoms with Gasteiger partial charge >= 0.3 is 0 Å². The minimum atomic E-state index is -0.752. The Labute approximate surface area is 210 Å². The molecule has 184 valence electrons. The lowest BCUT2D eigenvalue weighted by Gasteiger charge is -2.29. The molecule has 5 rings (SSSR count). The summed E-state index contributed by atoms with van der Waals surface area (Å²) in [4.78, 5) is 63.8. The molecule has 36 heavy (non-hydrogen) atoms. The van der Waals surface area contributed by atoms with Gasteiger partial charge in [0.2, 0.25) is 11.8 Å². The molecule has 0 spiro atoms. The van der Waals surface area contributed by atoms with Gasteiger partial charge in [0.1, 0.15) is 11.9 Å². The first-order chi connectivity index (χ1) is 17.2. The molecule has 1 saturated carbocycles. The second-order valence-corrected chi connectivity index (χ2v) is 9.43. The van der Waals surface area contributed by atoms with E-state index in [1.165, 1.54) is 29.3 Å². The lowest BCUT2D eigenvalue weighted by atomic mass is 9.80. The maximum Gasteiger partial charge on any atom is 0.255 e. The van der Waals surface area contributed by atoms with Crippen molar-refractivity contribution in [1.29, 1.82) is 0 Å². The van der Waals surface area contributed by atoms with Crippen LogP contribution in [0.2, 0.25) is 5.02 Å². The number of imide groups is 1. The Morgan fingerprint density at radius 3 is 2.44 bits per heavy atom. The van der Waals surface area contributed by atoms with E-state index in [-0.39, 0.29) is 60.2 Å². The normalized spacial score (nSPS) is 22.0. The number of ketones is 2. The molecule has 2 aromatic rings. The van der Waals surface area contributed by atoms with Crippen molar-refractivity contribution in [3.63, 3.8) is 0 Å². The number of nitrogens with one attached hydrogen (secondary N) is 2. The van der Waals surface area contributed by atoms with E-state index < -0.39 is 35.3 Å². The molecule has 0 bridgehead atoms. The number of Topliss-reactive ketones (excluding diaryl/α,β-unsaturated/α-hetero) is 2. The van der Waals surface area contributed by atoms with Gasteiger partial charge in [-0.25, -0.2) is 4.39 Å². The van der Waals surface area contributed by atoms with Crippen LogP contribution in [-0.2, 0) is 25.7 Å². The van der Waals surface area contributed by atoms with E-state index >= 15 is 0 Å². The van der Waals surface area contributed by atoms with Crippen molar-refractivity contribution in [3.05, 3.63) is 75.7 Å². The molecule has 3 amide bonds. The van der Waals surface area contributed by atoms with Crippen molar-refractivity contribution >= 4 is 46.6 Å². The van der Waals surface area contributed by atoms with E-state index in [4.69, 9.17) is 11.6 Å². The third kappa shape index (κ3) is 4.19. The molecule has 0 aromatic heterocycles. The SMILES string of the molecule is O=C1CCC(N2Cc3c(NC=C4C(=O)CC(c5c(F)cccc5Cl)CC4=O)cccc3C2=O)C(=O)N1. The van der Waals surface area contributed by atoms with E-state index in [0.29, 0.717) is 16.8 Å². The standard InChI is InChI=1S/C26H21ClFN3O5/c27-17-4-2-5-18(28)24(17)13-9-21(32)15(22(33)10-13)11-29-19-6-1-3-14-16(19)12-31(26(14)36)20-7-8-23(34)30-25(20)35/h1-6,11,13,20,29H,7-10,12H2,(H,30,34,35). The third-order valence-electron chi connectivity index (χ3n) is 6.83. The molecule has 1 atom stereocenters. The molecule has 2 fully saturated rings. The fourth-order valence-electron chi connectivity index (χ4n) is 5.03. The van der Waals surface area contributed by atoms with Gasteiger partial charge in [0.15, 0.2) is 11.6 Å². The van der Waals surface area contributed by atoms with Crippen molar-refractivity contribution < 1.29 is 28.4 Å². The van der Waals surface area contributed by atoms with Gasteiger partial charge in [0.05, 0.1) is 5.57 Å². The van der Waals surface area contributed by atoms with Gasteiger partial charge in [-0.1, -0.05) is 23.7 Å². The van der Waals surface area contributed by atoms with Crippen molar-refractivity contribution in [1.82, 2.24) is 10.2 Å². The first-order valence-corrected chi connectivity index (χ1v) is 11.9. The number of nitrogens with zero attached hydrogens (tertiary/aromatic N) is 1. The quantitative estimate of drug-likeness (QED) is 0.372. The van der Waals surface area contributed by atoms with Crippen LogP contribution >= 0.6 is 11.6 Å². The monoisotopic (exact) mass is 509 g/mol. The molecule has 2 aromatic carbocycles. The van der Waals surface area contributed by atoms with Crippen LogP contribution in [-0.4, -0.2) is 40.2 Å². The molecule has 10 heteroatoms. The Morgan fingerprint density at radius 1 is 1.03 bits per heavy atom. The van der Waals surface area contributed by atoms with Crippen molar-refractivity contribution in [2.24, 2.45) is 0 Å². The molecular formula is C26H21ClFN3O5. The highest BCUT2D eigenvalue weighted by molar-refractivity contribution is 6.31. The highest BCUT2D eigenvalue weighted by atomic mass is 35.5. The molecule has 2 heterocycles. The average molecular weight is 510 g/mol. The summed E-state index contributed by atoms with van der Waals surface area (Å²) >= 11 is 6.12. The van der Waals surface area contributed by atoms with E-state index in [2.05, 4.69) is 10.6 Å². The number of fused-ring (bicyclic) bond motifs is 1. The highest BCUT2D eigenvalue weighted by Gasteiger charge is 2.40. The fourth-order valence-corrected chi connectivity index (χ4v) is 5.35. The maximum absolute atomic E-state index is 14.3. The number of rotatable bonds is 4. The Balaban J connectivity index is 1.34. The van der Waals surface area contributed by atoms with Crippen LogP contribution in [0.15, 0.2) is 48.2 Å². The molecular weight excluding hydrogens is 489 g/mol. The number of anilines is 1. The third-order valence-corrected chi connectivity index (χ3v) is 7.16. The van der Waals surface area contributed by atoms with Gasteiger partial charge in [-0.05, 0) is 30.7 Å². The molecule has 8 nitrogen and oxygen atoms in total. The molecule has 1 unspecified atom stereocenters. The fraction of sp³-hybridized carbons (Fsp3) is 0.269. The average Bonchev–Trinajstić information content (AvgIpc) is 3.15. The van der Waals surface area contributed by atoms with Crippen LogP contribution in [0.25, 0.3) is 0 Å². The summed E-state index contributed by atoms with van der Waals surface area (Å²) in [6, 6.07) is 8.49. The number of hydrogen-bond acceptors (Lipinski definition) is 6. The number of halogens is 2. The Hall–Kier alpha value is -3.85. The maximum atomic E-state index is 14.3. The van der Waals surface area contributed by atoms with Crippen molar-refractivity contribution in [2.45, 2.75) is 44.2 Å². The Morgan fingerprint density at radius 2 is 1.75 bits per heavy atom. The Kier molecular flexibility index (Phi) is 6.17. The van der Waals surface area contributed by atoms with E-state index in [1.807, 2.05) is 0 Å². The van der Waals surface area contributed by atoms with Gasteiger partial charge in [-0.3, -0.25) is 29.3 Å². The second-order valence-electron chi connectivity index (χ2n) is 9.02. The summed E-state index contributed by atoms with van der Waals surface area (Å²) < 4.78 is 14.3. The smallest absolute Gasteiger partial charge is 0.255 e.